The number of benzene rings is 1. The fourth-order valence-electron chi connectivity index (χ4n) is 1.82. The van der Waals surface area contributed by atoms with Crippen molar-refractivity contribution in [1.29, 1.82) is 0 Å². The summed E-state index contributed by atoms with van der Waals surface area (Å²) in [5.41, 5.74) is 2.31. The Morgan fingerprint density at radius 2 is 1.82 bits per heavy atom. The van der Waals surface area contributed by atoms with Gasteiger partial charge in [0.1, 0.15) is 5.15 Å². The molecule has 0 N–H and O–H groups in total. The van der Waals surface area contributed by atoms with Crippen LogP contribution in [0.3, 0.4) is 0 Å². The van der Waals surface area contributed by atoms with Gasteiger partial charge in [-0.2, -0.15) is 0 Å². The van der Waals surface area contributed by atoms with Gasteiger partial charge < -0.3 is 0 Å². The average Bonchev–Trinajstić information content (AvgIpc) is 2.24. The van der Waals surface area contributed by atoms with Gasteiger partial charge in [-0.25, -0.2) is 4.98 Å². The van der Waals surface area contributed by atoms with Crippen LogP contribution in [0.1, 0.15) is 32.0 Å². The molecule has 0 aliphatic rings. The highest BCUT2D eigenvalue weighted by molar-refractivity contribution is 9.10. The quantitative estimate of drug-likeness (QED) is 0.605. The third-order valence-corrected chi connectivity index (χ3v) is 4.22. The molecule has 17 heavy (non-hydrogen) atoms. The maximum atomic E-state index is 6.22. The fourth-order valence-corrected chi connectivity index (χ4v) is 2.54. The molecule has 3 heteroatoms. The molecular formula is C14H15BrClN. The molecule has 0 bridgehead atoms. The van der Waals surface area contributed by atoms with E-state index in [4.69, 9.17) is 11.6 Å². The first-order valence-electron chi connectivity index (χ1n) is 5.56. The molecule has 1 heterocycles. The largest absolute Gasteiger partial charge is 0.240 e. The van der Waals surface area contributed by atoms with Crippen LogP contribution in [0.2, 0.25) is 5.15 Å². The number of aryl methyl sites for hydroxylation is 1. The van der Waals surface area contributed by atoms with Gasteiger partial charge in [0.2, 0.25) is 0 Å². The maximum Gasteiger partial charge on any atom is 0.137 e. The second kappa shape index (κ2) is 4.25. The van der Waals surface area contributed by atoms with Crippen molar-refractivity contribution in [2.45, 2.75) is 33.1 Å². The predicted octanol–water partition coefficient (Wildman–Crippen LogP) is 5.26. The number of fused-ring (bicyclic) bond motifs is 1. The van der Waals surface area contributed by atoms with E-state index in [2.05, 4.69) is 59.9 Å². The first-order valence-corrected chi connectivity index (χ1v) is 6.73. The van der Waals surface area contributed by atoms with E-state index in [1.54, 1.807) is 0 Å². The average molecular weight is 313 g/mol. The molecule has 0 spiro atoms. The second-order valence-electron chi connectivity index (χ2n) is 5.31. The van der Waals surface area contributed by atoms with Crippen LogP contribution in [0.4, 0.5) is 0 Å². The minimum atomic E-state index is 0.120. The topological polar surface area (TPSA) is 12.9 Å². The Morgan fingerprint density at radius 1 is 1.18 bits per heavy atom. The number of aromatic nitrogens is 1. The van der Waals surface area contributed by atoms with Crippen LogP contribution in [-0.4, -0.2) is 4.98 Å². The molecule has 0 radical (unpaired) electrons. The first kappa shape index (κ1) is 12.8. The summed E-state index contributed by atoms with van der Waals surface area (Å²) in [6.07, 6.45) is 0. The van der Waals surface area contributed by atoms with E-state index in [1.165, 1.54) is 5.56 Å². The molecule has 1 aromatic heterocycles. The second-order valence-corrected chi connectivity index (χ2v) is 6.46. The number of halogens is 2. The van der Waals surface area contributed by atoms with E-state index in [9.17, 15) is 0 Å². The Bertz CT molecular complexity index is 585. The van der Waals surface area contributed by atoms with E-state index in [0.717, 1.165) is 20.9 Å². The summed E-state index contributed by atoms with van der Waals surface area (Å²) in [7, 11) is 0. The molecule has 0 amide bonds. The summed E-state index contributed by atoms with van der Waals surface area (Å²) >= 11 is 9.79. The highest BCUT2D eigenvalue weighted by atomic mass is 79.9. The molecule has 2 aromatic rings. The lowest BCUT2D eigenvalue weighted by Gasteiger charge is -2.20. The molecule has 1 aromatic carbocycles. The van der Waals surface area contributed by atoms with Crippen LogP contribution in [0.25, 0.3) is 10.8 Å². The minimum Gasteiger partial charge on any atom is -0.240 e. The SMILES string of the molecule is Cc1nc(Cl)c2cc(C(C)(C)C)ccc2c1Br. The van der Waals surface area contributed by atoms with Crippen molar-refractivity contribution in [1.82, 2.24) is 4.98 Å². The zero-order valence-corrected chi connectivity index (χ0v) is 12.8. The molecule has 90 valence electrons. The van der Waals surface area contributed by atoms with Crippen molar-refractivity contribution in [3.8, 4) is 0 Å². The van der Waals surface area contributed by atoms with Crippen LogP contribution in [0.15, 0.2) is 22.7 Å². The third kappa shape index (κ3) is 2.34. The van der Waals surface area contributed by atoms with Crippen molar-refractivity contribution >= 4 is 38.3 Å². The number of hydrogen-bond acceptors (Lipinski definition) is 1. The molecule has 0 saturated carbocycles. The number of nitrogens with zero attached hydrogens (tertiary/aromatic N) is 1. The van der Waals surface area contributed by atoms with Gasteiger partial charge in [0, 0.05) is 15.2 Å². The molecule has 0 fully saturated rings. The van der Waals surface area contributed by atoms with Crippen molar-refractivity contribution in [2.24, 2.45) is 0 Å². The molecule has 0 unspecified atom stereocenters. The molecular weight excluding hydrogens is 298 g/mol. The highest BCUT2D eigenvalue weighted by Crippen LogP contribution is 2.34. The zero-order valence-electron chi connectivity index (χ0n) is 10.4. The Labute approximate surface area is 115 Å². The third-order valence-electron chi connectivity index (χ3n) is 2.93. The van der Waals surface area contributed by atoms with Crippen molar-refractivity contribution < 1.29 is 0 Å². The van der Waals surface area contributed by atoms with Crippen molar-refractivity contribution in [2.75, 3.05) is 0 Å². The van der Waals surface area contributed by atoms with Gasteiger partial charge in [0.05, 0.1) is 5.69 Å². The Balaban J connectivity index is 2.79. The molecule has 2 rings (SSSR count). The molecule has 0 atom stereocenters. The fraction of sp³-hybridized carbons (Fsp3) is 0.357. The lowest BCUT2D eigenvalue weighted by molar-refractivity contribution is 0.591. The van der Waals surface area contributed by atoms with Gasteiger partial charge in [-0.05, 0) is 39.9 Å². The number of hydrogen-bond donors (Lipinski definition) is 0. The zero-order chi connectivity index (χ0) is 12.8. The first-order chi connectivity index (χ1) is 7.80. The monoisotopic (exact) mass is 311 g/mol. The van der Waals surface area contributed by atoms with Gasteiger partial charge in [-0.15, -0.1) is 0 Å². The van der Waals surface area contributed by atoms with Gasteiger partial charge in [-0.3, -0.25) is 0 Å². The standard InChI is InChI=1S/C14H15BrClN/c1-8-12(15)10-6-5-9(14(2,3)4)7-11(10)13(16)17-8/h5-7H,1-4H3. The molecule has 0 saturated heterocycles. The van der Waals surface area contributed by atoms with Crippen LogP contribution in [0.5, 0.6) is 0 Å². The predicted molar refractivity (Wildman–Crippen MR) is 77.9 cm³/mol. The summed E-state index contributed by atoms with van der Waals surface area (Å²) in [4.78, 5) is 4.34. The van der Waals surface area contributed by atoms with Crippen LogP contribution < -0.4 is 0 Å². The van der Waals surface area contributed by atoms with Gasteiger partial charge in [0.15, 0.2) is 0 Å². The van der Waals surface area contributed by atoms with E-state index in [0.29, 0.717) is 5.15 Å². The van der Waals surface area contributed by atoms with Crippen LogP contribution in [-0.2, 0) is 5.41 Å². The molecule has 0 aliphatic carbocycles. The van der Waals surface area contributed by atoms with Crippen LogP contribution in [0, 0.1) is 6.92 Å². The molecule has 0 aliphatic heterocycles. The lowest BCUT2D eigenvalue weighted by atomic mass is 9.86. The van der Waals surface area contributed by atoms with E-state index in [-0.39, 0.29) is 5.41 Å². The van der Waals surface area contributed by atoms with Gasteiger partial charge >= 0.3 is 0 Å². The normalized spacial score (nSPS) is 12.1. The Hall–Kier alpha value is -0.600. The van der Waals surface area contributed by atoms with Crippen molar-refractivity contribution in [3.63, 3.8) is 0 Å². The Morgan fingerprint density at radius 3 is 2.41 bits per heavy atom. The van der Waals surface area contributed by atoms with E-state index >= 15 is 0 Å². The summed E-state index contributed by atoms with van der Waals surface area (Å²) in [5, 5.41) is 2.71. The van der Waals surface area contributed by atoms with Gasteiger partial charge in [0.25, 0.3) is 0 Å². The van der Waals surface area contributed by atoms with E-state index < -0.39 is 0 Å². The summed E-state index contributed by atoms with van der Waals surface area (Å²) in [6, 6.07) is 6.40. The van der Waals surface area contributed by atoms with Crippen LogP contribution >= 0.6 is 27.5 Å². The highest BCUT2D eigenvalue weighted by Gasteiger charge is 2.16. The van der Waals surface area contributed by atoms with Crippen molar-refractivity contribution in [3.05, 3.63) is 39.1 Å². The summed E-state index contributed by atoms with van der Waals surface area (Å²) < 4.78 is 1.03. The maximum absolute atomic E-state index is 6.22. The minimum absolute atomic E-state index is 0.120. The Kier molecular flexibility index (Phi) is 3.21. The smallest absolute Gasteiger partial charge is 0.137 e. The lowest BCUT2D eigenvalue weighted by Crippen LogP contribution is -2.10. The number of pyridine rings is 1. The van der Waals surface area contributed by atoms with E-state index in [1.807, 2.05) is 6.92 Å². The summed E-state index contributed by atoms with van der Waals surface area (Å²) in [6.45, 7) is 8.53. The summed E-state index contributed by atoms with van der Waals surface area (Å²) in [5.74, 6) is 0. The number of rotatable bonds is 0. The van der Waals surface area contributed by atoms with Gasteiger partial charge in [-0.1, -0.05) is 44.5 Å². The molecule has 1 nitrogen and oxygen atoms in total.